The Hall–Kier alpha value is -4.83. The number of carbonyl (C=O) groups excluding carboxylic acids is 3. The number of oxime groups is 1. The molecular weight excluding hydrogens is 604 g/mol. The number of carbonyl (C=O) groups is 3. The summed E-state index contributed by atoms with van der Waals surface area (Å²) in [5, 5.41) is 25.1. The second-order valence-electron chi connectivity index (χ2n) is 12.8. The van der Waals surface area contributed by atoms with Crippen LogP contribution in [-0.4, -0.2) is 33.7 Å². The molecular formula is C36H39ClN4O5. The first-order valence-corrected chi connectivity index (χ1v) is 14.4. The van der Waals surface area contributed by atoms with E-state index >= 15 is 0 Å². The van der Waals surface area contributed by atoms with Gasteiger partial charge in [0.2, 0.25) is 11.8 Å². The number of benzene rings is 4. The second-order valence-corrected chi connectivity index (χ2v) is 12.8. The Morgan fingerprint density at radius 3 is 1.41 bits per heavy atom. The van der Waals surface area contributed by atoms with Gasteiger partial charge in [-0.3, -0.25) is 14.4 Å². The zero-order valence-corrected chi connectivity index (χ0v) is 27.5. The molecule has 4 aromatic rings. The lowest BCUT2D eigenvalue weighted by Gasteiger charge is -2.18. The number of anilines is 2. The number of nitrogens with zero attached hydrogens (tertiary/aromatic N) is 1. The van der Waals surface area contributed by atoms with E-state index in [-0.39, 0.29) is 30.0 Å². The molecule has 0 atom stereocenters. The molecule has 0 spiro atoms. The molecule has 0 radical (unpaired) electrons. The number of ketones is 1. The molecule has 6 N–H and O–H groups in total. The van der Waals surface area contributed by atoms with Gasteiger partial charge in [-0.1, -0.05) is 107 Å². The van der Waals surface area contributed by atoms with E-state index in [4.69, 9.17) is 5.21 Å². The molecule has 46 heavy (non-hydrogen) atoms. The van der Waals surface area contributed by atoms with Crippen LogP contribution in [0.3, 0.4) is 0 Å². The maximum atomic E-state index is 12.4. The normalized spacial score (nSPS) is 13.0. The SMILES string of the molecule is CC(C)(C)C(=O)Nc1ccc2c(c1)/C(=N\O)c1ccccc1-2.CC(C)(C)C(=O)Nc1ccc2c(c1)C(=O)c1ccccc1-2.Cl.NO. The molecule has 0 saturated heterocycles. The number of fused-ring (bicyclic) bond motifs is 6. The Morgan fingerprint density at radius 2 is 0.957 bits per heavy atom. The van der Waals surface area contributed by atoms with E-state index in [1.54, 1.807) is 6.07 Å². The summed E-state index contributed by atoms with van der Waals surface area (Å²) in [5.74, 6) is 3.41. The minimum Gasteiger partial charge on any atom is -0.410 e. The van der Waals surface area contributed by atoms with Crippen molar-refractivity contribution < 1.29 is 24.8 Å². The van der Waals surface area contributed by atoms with Crippen molar-refractivity contribution in [1.29, 1.82) is 0 Å². The fourth-order valence-corrected chi connectivity index (χ4v) is 4.97. The summed E-state index contributed by atoms with van der Waals surface area (Å²) in [4.78, 5) is 36.6. The standard InChI is InChI=1S/C18H18N2O2.C18H17NO2.ClH.H3NO/c1-18(2,3)17(21)19-11-8-9-13-12-6-4-5-7-14(12)16(20-22)15(13)10-11;1-18(2,3)17(21)19-11-8-9-13-12-6-4-5-7-14(12)16(20)15(13)10-11;;1-2/h4-10,22H,1-3H3,(H,19,21);4-10H,1-3H3,(H,19,21);1H;2H,1H2/b20-16-;;;. The zero-order valence-electron chi connectivity index (χ0n) is 26.6. The highest BCUT2D eigenvalue weighted by atomic mass is 35.5. The summed E-state index contributed by atoms with van der Waals surface area (Å²) in [6, 6.07) is 26.6. The van der Waals surface area contributed by atoms with Crippen LogP contribution in [0.1, 0.15) is 68.6 Å². The molecule has 0 heterocycles. The van der Waals surface area contributed by atoms with E-state index in [1.807, 2.05) is 120 Å². The molecule has 0 aliphatic heterocycles. The summed E-state index contributed by atoms with van der Waals surface area (Å²) in [6.07, 6.45) is 0. The number of nitrogens with one attached hydrogen (secondary N) is 2. The number of rotatable bonds is 2. The van der Waals surface area contributed by atoms with Crippen LogP contribution in [0, 0.1) is 10.8 Å². The van der Waals surface area contributed by atoms with Crippen molar-refractivity contribution in [2.75, 3.05) is 10.6 Å². The largest absolute Gasteiger partial charge is 0.410 e. The highest BCUT2D eigenvalue weighted by Gasteiger charge is 2.28. The molecule has 2 aliphatic carbocycles. The van der Waals surface area contributed by atoms with Crippen LogP contribution in [0.2, 0.25) is 0 Å². The van der Waals surface area contributed by atoms with Crippen molar-refractivity contribution in [3.05, 3.63) is 107 Å². The van der Waals surface area contributed by atoms with Gasteiger partial charge in [0.05, 0.1) is 0 Å². The third kappa shape index (κ3) is 7.18. The van der Waals surface area contributed by atoms with E-state index in [0.717, 1.165) is 38.9 Å². The Morgan fingerprint density at radius 1 is 0.587 bits per heavy atom. The second kappa shape index (κ2) is 14.1. The zero-order chi connectivity index (χ0) is 33.1. The molecule has 240 valence electrons. The van der Waals surface area contributed by atoms with Crippen LogP contribution in [0.4, 0.5) is 11.4 Å². The summed E-state index contributed by atoms with van der Waals surface area (Å²) in [6.45, 7) is 11.2. The van der Waals surface area contributed by atoms with Gasteiger partial charge in [-0.25, -0.2) is 5.90 Å². The van der Waals surface area contributed by atoms with Crippen molar-refractivity contribution in [3.8, 4) is 22.3 Å². The van der Waals surface area contributed by atoms with Crippen molar-refractivity contribution in [2.24, 2.45) is 21.9 Å². The summed E-state index contributed by atoms with van der Waals surface area (Å²) < 4.78 is 0. The van der Waals surface area contributed by atoms with E-state index in [1.165, 1.54) is 0 Å². The van der Waals surface area contributed by atoms with Crippen molar-refractivity contribution in [2.45, 2.75) is 41.5 Å². The van der Waals surface area contributed by atoms with Crippen LogP contribution in [-0.2, 0) is 9.59 Å². The average Bonchev–Trinajstić information content (AvgIpc) is 3.48. The molecule has 9 nitrogen and oxygen atoms in total. The molecule has 0 bridgehead atoms. The summed E-state index contributed by atoms with van der Waals surface area (Å²) in [5.41, 5.74) is 8.04. The lowest BCUT2D eigenvalue weighted by atomic mass is 9.95. The number of halogens is 1. The Kier molecular flexibility index (Phi) is 10.9. The minimum absolute atomic E-state index is 0. The van der Waals surface area contributed by atoms with Gasteiger partial charge in [-0.15, -0.1) is 12.4 Å². The van der Waals surface area contributed by atoms with Crippen molar-refractivity contribution in [1.82, 2.24) is 0 Å². The predicted octanol–water partition coefficient (Wildman–Crippen LogP) is 7.52. The lowest BCUT2D eigenvalue weighted by Crippen LogP contribution is -2.27. The topological polar surface area (TPSA) is 154 Å². The van der Waals surface area contributed by atoms with Gasteiger partial charge < -0.3 is 21.0 Å². The maximum Gasteiger partial charge on any atom is 0.229 e. The highest BCUT2D eigenvalue weighted by molar-refractivity contribution is 6.25. The third-order valence-corrected chi connectivity index (χ3v) is 7.45. The number of amides is 2. The number of hydrogen-bond acceptors (Lipinski definition) is 7. The lowest BCUT2D eigenvalue weighted by molar-refractivity contribution is -0.123. The predicted molar refractivity (Wildman–Crippen MR) is 184 cm³/mol. The Balaban J connectivity index is 0.000000233. The smallest absolute Gasteiger partial charge is 0.229 e. The van der Waals surface area contributed by atoms with Crippen LogP contribution >= 0.6 is 12.4 Å². The molecule has 4 aromatic carbocycles. The van der Waals surface area contributed by atoms with E-state index in [9.17, 15) is 19.6 Å². The molecule has 0 saturated carbocycles. The molecule has 0 unspecified atom stereocenters. The quantitative estimate of drug-likeness (QED) is 0.0972. The van der Waals surface area contributed by atoms with Crippen LogP contribution in [0.15, 0.2) is 90.1 Å². The molecule has 2 amide bonds. The van der Waals surface area contributed by atoms with Crippen LogP contribution in [0.25, 0.3) is 22.3 Å². The van der Waals surface area contributed by atoms with Gasteiger partial charge in [0.1, 0.15) is 5.71 Å². The molecule has 6 rings (SSSR count). The molecule has 10 heteroatoms. The van der Waals surface area contributed by atoms with E-state index in [2.05, 4.69) is 21.7 Å². The third-order valence-electron chi connectivity index (χ3n) is 7.45. The molecule has 0 fully saturated rings. The molecule has 0 aromatic heterocycles. The van der Waals surface area contributed by atoms with Crippen molar-refractivity contribution >= 4 is 47.1 Å². The number of hydrogen-bond donors (Lipinski definition) is 5. The van der Waals surface area contributed by atoms with E-state index in [0.29, 0.717) is 22.6 Å². The van der Waals surface area contributed by atoms with Crippen LogP contribution in [0.5, 0.6) is 0 Å². The van der Waals surface area contributed by atoms with Gasteiger partial charge in [0.25, 0.3) is 0 Å². The van der Waals surface area contributed by atoms with Gasteiger partial charge >= 0.3 is 0 Å². The van der Waals surface area contributed by atoms with Gasteiger partial charge in [0.15, 0.2) is 5.78 Å². The van der Waals surface area contributed by atoms with Crippen molar-refractivity contribution in [3.63, 3.8) is 0 Å². The summed E-state index contributed by atoms with van der Waals surface area (Å²) in [7, 11) is 0. The van der Waals surface area contributed by atoms with Gasteiger partial charge in [-0.2, -0.15) is 0 Å². The minimum atomic E-state index is -0.466. The first kappa shape index (κ1) is 35.6. The monoisotopic (exact) mass is 642 g/mol. The van der Waals surface area contributed by atoms with Gasteiger partial charge in [0, 0.05) is 44.5 Å². The fraction of sp³-hybridized carbons (Fsp3) is 0.222. The maximum absolute atomic E-state index is 12.4. The number of nitrogens with two attached hydrogens (primary N) is 1. The first-order chi connectivity index (χ1) is 21.3. The summed E-state index contributed by atoms with van der Waals surface area (Å²) >= 11 is 0. The van der Waals surface area contributed by atoms with E-state index < -0.39 is 10.8 Å². The molecule has 2 aliphatic rings. The first-order valence-electron chi connectivity index (χ1n) is 14.4. The Bertz CT molecular complexity index is 1820. The van der Waals surface area contributed by atoms with Crippen LogP contribution < -0.4 is 16.5 Å². The fourth-order valence-electron chi connectivity index (χ4n) is 4.97. The highest BCUT2D eigenvalue weighted by Crippen LogP contribution is 2.39. The average molecular weight is 643 g/mol. The Labute approximate surface area is 274 Å². The van der Waals surface area contributed by atoms with Gasteiger partial charge in [-0.05, 0) is 46.5 Å².